The van der Waals surface area contributed by atoms with Gasteiger partial charge in [-0.05, 0) is 12.8 Å². The lowest BCUT2D eigenvalue weighted by Gasteiger charge is -2.32. The number of aryl methyl sites for hydroxylation is 1. The minimum absolute atomic E-state index is 0.642. The standard InChI is InChI=1S/C14H24N4/c1-4-12-16-13(15-2)10-14(17-12)18(3)11-8-6-5-7-9-11/h10-11H,4-9H2,1-3H3,(H,15,16,17). The van der Waals surface area contributed by atoms with Crippen LogP contribution < -0.4 is 10.2 Å². The van der Waals surface area contributed by atoms with Crippen molar-refractivity contribution in [3.8, 4) is 0 Å². The van der Waals surface area contributed by atoms with E-state index in [1.165, 1.54) is 32.1 Å². The van der Waals surface area contributed by atoms with E-state index in [4.69, 9.17) is 0 Å². The second-order valence-corrected chi connectivity index (χ2v) is 5.03. The molecular formula is C14H24N4. The van der Waals surface area contributed by atoms with E-state index in [1.54, 1.807) is 0 Å². The zero-order valence-electron chi connectivity index (χ0n) is 11.7. The van der Waals surface area contributed by atoms with Crippen LogP contribution in [0.2, 0.25) is 0 Å². The van der Waals surface area contributed by atoms with Crippen LogP contribution in [0, 0.1) is 0 Å². The summed E-state index contributed by atoms with van der Waals surface area (Å²) in [6.07, 6.45) is 7.53. The van der Waals surface area contributed by atoms with Gasteiger partial charge in [-0.1, -0.05) is 26.2 Å². The fraction of sp³-hybridized carbons (Fsp3) is 0.714. The highest BCUT2D eigenvalue weighted by Crippen LogP contribution is 2.26. The first kappa shape index (κ1) is 13.1. The second kappa shape index (κ2) is 6.03. The summed E-state index contributed by atoms with van der Waals surface area (Å²) in [4.78, 5) is 11.4. The van der Waals surface area contributed by atoms with Gasteiger partial charge in [-0.15, -0.1) is 0 Å². The highest BCUT2D eigenvalue weighted by Gasteiger charge is 2.19. The van der Waals surface area contributed by atoms with Crippen molar-refractivity contribution in [3.63, 3.8) is 0 Å². The van der Waals surface area contributed by atoms with Gasteiger partial charge in [0.25, 0.3) is 0 Å². The first-order chi connectivity index (χ1) is 8.74. The van der Waals surface area contributed by atoms with Crippen LogP contribution in [0.15, 0.2) is 6.07 Å². The number of hydrogen-bond donors (Lipinski definition) is 1. The Morgan fingerprint density at radius 3 is 2.61 bits per heavy atom. The minimum atomic E-state index is 0.642. The number of nitrogens with one attached hydrogen (secondary N) is 1. The lowest BCUT2D eigenvalue weighted by atomic mass is 9.94. The minimum Gasteiger partial charge on any atom is -0.373 e. The summed E-state index contributed by atoms with van der Waals surface area (Å²) in [5.41, 5.74) is 0. The molecule has 4 heteroatoms. The predicted octanol–water partition coefficient (Wildman–Crippen LogP) is 2.85. The van der Waals surface area contributed by atoms with Crippen molar-refractivity contribution in [2.45, 2.75) is 51.5 Å². The van der Waals surface area contributed by atoms with Crippen LogP contribution in [0.1, 0.15) is 44.9 Å². The number of aromatic nitrogens is 2. The quantitative estimate of drug-likeness (QED) is 0.889. The van der Waals surface area contributed by atoms with E-state index in [1.807, 2.05) is 13.1 Å². The first-order valence-corrected chi connectivity index (χ1v) is 7.03. The molecule has 0 aliphatic heterocycles. The van der Waals surface area contributed by atoms with Gasteiger partial charge in [-0.2, -0.15) is 0 Å². The van der Waals surface area contributed by atoms with Crippen LogP contribution in [-0.4, -0.2) is 30.1 Å². The van der Waals surface area contributed by atoms with Gasteiger partial charge < -0.3 is 10.2 Å². The monoisotopic (exact) mass is 248 g/mol. The molecule has 0 saturated heterocycles. The smallest absolute Gasteiger partial charge is 0.134 e. The molecule has 1 aromatic heterocycles. The molecule has 4 nitrogen and oxygen atoms in total. The molecule has 1 saturated carbocycles. The van der Waals surface area contributed by atoms with Gasteiger partial charge >= 0.3 is 0 Å². The first-order valence-electron chi connectivity index (χ1n) is 7.03. The molecular weight excluding hydrogens is 224 g/mol. The highest BCUT2D eigenvalue weighted by molar-refractivity contribution is 5.49. The van der Waals surface area contributed by atoms with Crippen molar-refractivity contribution in [2.24, 2.45) is 0 Å². The van der Waals surface area contributed by atoms with Crippen molar-refractivity contribution >= 4 is 11.6 Å². The van der Waals surface area contributed by atoms with E-state index in [0.29, 0.717) is 6.04 Å². The molecule has 1 heterocycles. The van der Waals surface area contributed by atoms with Gasteiger partial charge in [0.15, 0.2) is 0 Å². The third-order valence-corrected chi connectivity index (χ3v) is 3.82. The molecule has 0 atom stereocenters. The summed E-state index contributed by atoms with van der Waals surface area (Å²) in [5, 5.41) is 3.12. The zero-order valence-corrected chi connectivity index (χ0v) is 11.7. The largest absolute Gasteiger partial charge is 0.373 e. The Hall–Kier alpha value is -1.32. The summed E-state index contributed by atoms with van der Waals surface area (Å²) in [7, 11) is 4.07. The summed E-state index contributed by atoms with van der Waals surface area (Å²) < 4.78 is 0. The molecule has 0 radical (unpaired) electrons. The second-order valence-electron chi connectivity index (χ2n) is 5.03. The van der Waals surface area contributed by atoms with Gasteiger partial charge in [0.1, 0.15) is 17.5 Å². The average Bonchev–Trinajstić information content (AvgIpc) is 2.46. The lowest BCUT2D eigenvalue weighted by molar-refractivity contribution is 0.425. The van der Waals surface area contributed by atoms with Crippen LogP contribution in [-0.2, 0) is 6.42 Å². The molecule has 1 aliphatic carbocycles. The van der Waals surface area contributed by atoms with Gasteiger partial charge in [-0.25, -0.2) is 9.97 Å². The maximum atomic E-state index is 4.65. The third-order valence-electron chi connectivity index (χ3n) is 3.82. The number of anilines is 2. The molecule has 0 bridgehead atoms. The van der Waals surface area contributed by atoms with Crippen molar-refractivity contribution in [1.29, 1.82) is 0 Å². The van der Waals surface area contributed by atoms with E-state index in [9.17, 15) is 0 Å². The lowest BCUT2D eigenvalue weighted by Crippen LogP contribution is -2.34. The number of rotatable bonds is 4. The number of nitrogens with zero attached hydrogens (tertiary/aromatic N) is 3. The van der Waals surface area contributed by atoms with Crippen molar-refractivity contribution < 1.29 is 0 Å². The summed E-state index contributed by atoms with van der Waals surface area (Å²) in [5.74, 6) is 2.89. The van der Waals surface area contributed by atoms with E-state index < -0.39 is 0 Å². The molecule has 100 valence electrons. The summed E-state index contributed by atoms with van der Waals surface area (Å²) in [6.45, 7) is 2.10. The Bertz CT molecular complexity index is 363. The molecule has 0 spiro atoms. The predicted molar refractivity (Wildman–Crippen MR) is 76.2 cm³/mol. The molecule has 1 aromatic rings. The van der Waals surface area contributed by atoms with Gasteiger partial charge in [-0.3, -0.25) is 0 Å². The van der Waals surface area contributed by atoms with E-state index in [-0.39, 0.29) is 0 Å². The van der Waals surface area contributed by atoms with Crippen LogP contribution in [0.3, 0.4) is 0 Å². The SMILES string of the molecule is CCc1nc(NC)cc(N(C)C2CCCCC2)n1. The molecule has 0 amide bonds. The molecule has 18 heavy (non-hydrogen) atoms. The third kappa shape index (κ3) is 2.92. The number of hydrogen-bond acceptors (Lipinski definition) is 4. The van der Waals surface area contributed by atoms with Crippen LogP contribution in [0.4, 0.5) is 11.6 Å². The Morgan fingerprint density at radius 1 is 1.28 bits per heavy atom. The Kier molecular flexibility index (Phi) is 4.39. The van der Waals surface area contributed by atoms with E-state index >= 15 is 0 Å². The zero-order chi connectivity index (χ0) is 13.0. The van der Waals surface area contributed by atoms with Crippen molar-refractivity contribution in [2.75, 3.05) is 24.3 Å². The fourth-order valence-electron chi connectivity index (χ4n) is 2.61. The molecule has 0 unspecified atom stereocenters. The van der Waals surface area contributed by atoms with Gasteiger partial charge in [0.05, 0.1) is 0 Å². The Labute approximate surface area is 110 Å². The average molecular weight is 248 g/mol. The molecule has 1 aliphatic rings. The van der Waals surface area contributed by atoms with Gasteiger partial charge in [0.2, 0.25) is 0 Å². The molecule has 0 aromatic carbocycles. The van der Waals surface area contributed by atoms with Crippen molar-refractivity contribution in [3.05, 3.63) is 11.9 Å². The maximum Gasteiger partial charge on any atom is 0.134 e. The normalized spacial score (nSPS) is 16.6. The molecule has 1 N–H and O–H groups in total. The molecule has 2 rings (SSSR count). The topological polar surface area (TPSA) is 41.1 Å². The Morgan fingerprint density at radius 2 is 2.00 bits per heavy atom. The van der Waals surface area contributed by atoms with Crippen molar-refractivity contribution in [1.82, 2.24) is 9.97 Å². The molecule has 1 fully saturated rings. The van der Waals surface area contributed by atoms with E-state index in [0.717, 1.165) is 23.9 Å². The highest BCUT2D eigenvalue weighted by atomic mass is 15.2. The van der Waals surface area contributed by atoms with Crippen LogP contribution in [0.5, 0.6) is 0 Å². The summed E-state index contributed by atoms with van der Waals surface area (Å²) in [6, 6.07) is 2.69. The maximum absolute atomic E-state index is 4.65. The van der Waals surface area contributed by atoms with Crippen LogP contribution in [0.25, 0.3) is 0 Å². The van der Waals surface area contributed by atoms with Gasteiger partial charge in [0, 0.05) is 32.6 Å². The van der Waals surface area contributed by atoms with E-state index in [2.05, 4.69) is 34.2 Å². The Balaban J connectivity index is 2.19. The fourth-order valence-corrected chi connectivity index (χ4v) is 2.61. The van der Waals surface area contributed by atoms with Crippen LogP contribution >= 0.6 is 0 Å². The summed E-state index contributed by atoms with van der Waals surface area (Å²) >= 11 is 0.